The Morgan fingerprint density at radius 3 is 2.61 bits per heavy atom. The van der Waals surface area contributed by atoms with Crippen molar-refractivity contribution in [2.45, 2.75) is 25.2 Å². The molecule has 0 fully saturated rings. The van der Waals surface area contributed by atoms with Crippen molar-refractivity contribution in [2.24, 2.45) is 0 Å². The number of nitrogens with zero attached hydrogens (tertiary/aromatic N) is 1. The summed E-state index contributed by atoms with van der Waals surface area (Å²) in [6, 6.07) is 23.0. The number of methoxy groups -OCH3 is 1. The Balaban J connectivity index is 1.44. The Hall–Kier alpha value is -3.84. The summed E-state index contributed by atoms with van der Waals surface area (Å²) in [5.74, 6) is 0.265. The predicted molar refractivity (Wildman–Crippen MR) is 124 cm³/mol. The summed E-state index contributed by atoms with van der Waals surface area (Å²) in [6.45, 7) is 0.118. The average Bonchev–Trinajstić information content (AvgIpc) is 3.26. The van der Waals surface area contributed by atoms with Gasteiger partial charge >= 0.3 is 6.09 Å². The smallest absolute Gasteiger partial charge is 0.415 e. The van der Waals surface area contributed by atoms with Gasteiger partial charge in [-0.15, -0.1) is 0 Å². The second-order valence-corrected chi connectivity index (χ2v) is 7.80. The molecule has 2 unspecified atom stereocenters. The standard InChI is InChI=1S/C26H26N2O5/c1-32-21-12-7-11-20(14-21)24(29)16-27-25(30)23-15-19-10-5-6-13-22(19)28(23)26(31)33-17-18-8-3-2-4-9-18/h2-14,23-24,29H,15-17H2,1H3,(H,27,30). The van der Waals surface area contributed by atoms with Crippen LogP contribution in [0.3, 0.4) is 0 Å². The highest BCUT2D eigenvalue weighted by Crippen LogP contribution is 2.33. The van der Waals surface area contributed by atoms with E-state index < -0.39 is 18.2 Å². The van der Waals surface area contributed by atoms with Gasteiger partial charge < -0.3 is 19.9 Å². The molecule has 0 radical (unpaired) electrons. The Bertz CT molecular complexity index is 1120. The summed E-state index contributed by atoms with van der Waals surface area (Å²) in [6.07, 6.45) is -1.12. The summed E-state index contributed by atoms with van der Waals surface area (Å²) < 4.78 is 10.7. The molecule has 4 rings (SSSR count). The molecule has 1 aliphatic heterocycles. The molecular formula is C26H26N2O5. The number of aliphatic hydroxyl groups is 1. The lowest BCUT2D eigenvalue weighted by Gasteiger charge is -2.25. The molecule has 0 bridgehead atoms. The molecule has 3 aromatic carbocycles. The van der Waals surface area contributed by atoms with Crippen molar-refractivity contribution >= 4 is 17.7 Å². The minimum atomic E-state index is -0.911. The van der Waals surface area contributed by atoms with Crippen LogP contribution in [-0.2, 0) is 22.6 Å². The Kier molecular flexibility index (Phi) is 6.90. The summed E-state index contributed by atoms with van der Waals surface area (Å²) in [7, 11) is 1.55. The molecule has 7 nitrogen and oxygen atoms in total. The van der Waals surface area contributed by atoms with Gasteiger partial charge in [-0.25, -0.2) is 4.79 Å². The molecule has 1 heterocycles. The van der Waals surface area contributed by atoms with Crippen LogP contribution in [0.15, 0.2) is 78.9 Å². The number of benzene rings is 3. The SMILES string of the molecule is COc1cccc(C(O)CNC(=O)C2Cc3ccccc3N2C(=O)OCc2ccccc2)c1. The fourth-order valence-electron chi connectivity index (χ4n) is 3.89. The van der Waals surface area contributed by atoms with Crippen molar-refractivity contribution < 1.29 is 24.2 Å². The van der Waals surface area contributed by atoms with Crippen LogP contribution in [0.5, 0.6) is 5.75 Å². The third kappa shape index (κ3) is 5.15. The molecule has 7 heteroatoms. The van der Waals surface area contributed by atoms with Crippen molar-refractivity contribution in [1.29, 1.82) is 0 Å². The average molecular weight is 447 g/mol. The quantitative estimate of drug-likeness (QED) is 0.579. The lowest BCUT2D eigenvalue weighted by Crippen LogP contribution is -2.49. The maximum absolute atomic E-state index is 13.1. The highest BCUT2D eigenvalue weighted by atomic mass is 16.6. The Labute approximate surface area is 192 Å². The van der Waals surface area contributed by atoms with E-state index in [1.54, 1.807) is 37.4 Å². The van der Waals surface area contributed by atoms with Gasteiger partial charge in [0.2, 0.25) is 5.91 Å². The number of rotatable bonds is 7. The molecule has 0 saturated heterocycles. The molecule has 2 atom stereocenters. The molecule has 2 amide bonds. The van der Waals surface area contributed by atoms with Crippen molar-refractivity contribution in [3.8, 4) is 5.75 Å². The van der Waals surface area contributed by atoms with E-state index >= 15 is 0 Å². The summed E-state index contributed by atoms with van der Waals surface area (Å²) >= 11 is 0. The van der Waals surface area contributed by atoms with Crippen LogP contribution in [0, 0.1) is 0 Å². The van der Waals surface area contributed by atoms with Crippen molar-refractivity contribution in [2.75, 3.05) is 18.6 Å². The normalized spacial score (nSPS) is 15.5. The van der Waals surface area contributed by atoms with Crippen molar-refractivity contribution in [3.05, 3.63) is 95.6 Å². The molecular weight excluding hydrogens is 420 g/mol. The first kappa shape index (κ1) is 22.4. The maximum Gasteiger partial charge on any atom is 0.415 e. The van der Waals surface area contributed by atoms with E-state index in [9.17, 15) is 14.7 Å². The first-order chi connectivity index (χ1) is 16.1. The molecule has 0 spiro atoms. The molecule has 1 aliphatic rings. The highest BCUT2D eigenvalue weighted by molar-refractivity contribution is 6.00. The van der Waals surface area contributed by atoms with E-state index in [1.165, 1.54) is 4.90 Å². The number of aliphatic hydroxyl groups excluding tert-OH is 1. The third-order valence-electron chi connectivity index (χ3n) is 5.63. The first-order valence-corrected chi connectivity index (χ1v) is 10.7. The van der Waals surface area contributed by atoms with Gasteiger partial charge in [0.25, 0.3) is 0 Å². The van der Waals surface area contributed by atoms with E-state index in [0.717, 1.165) is 11.1 Å². The van der Waals surface area contributed by atoms with Crippen LogP contribution in [0.1, 0.15) is 22.8 Å². The molecule has 0 saturated carbocycles. The topological polar surface area (TPSA) is 88.1 Å². The summed E-state index contributed by atoms with van der Waals surface area (Å²) in [4.78, 5) is 27.4. The third-order valence-corrected chi connectivity index (χ3v) is 5.63. The van der Waals surface area contributed by atoms with E-state index in [1.807, 2.05) is 48.5 Å². The summed E-state index contributed by atoms with van der Waals surface area (Å²) in [5, 5.41) is 13.3. The number of anilines is 1. The van der Waals surface area contributed by atoms with Gasteiger partial charge in [0.15, 0.2) is 0 Å². The highest BCUT2D eigenvalue weighted by Gasteiger charge is 2.39. The number of fused-ring (bicyclic) bond motifs is 1. The zero-order chi connectivity index (χ0) is 23.2. The summed E-state index contributed by atoms with van der Waals surface area (Å²) in [5.41, 5.74) is 3.04. The minimum absolute atomic E-state index is 0.00570. The number of amides is 2. The molecule has 2 N–H and O–H groups in total. The van der Waals surface area contributed by atoms with Crippen LogP contribution < -0.4 is 15.0 Å². The number of hydrogen-bond donors (Lipinski definition) is 2. The van der Waals surface area contributed by atoms with Crippen LogP contribution in [0.25, 0.3) is 0 Å². The van der Waals surface area contributed by atoms with E-state index in [2.05, 4.69) is 5.32 Å². The van der Waals surface area contributed by atoms with Crippen LogP contribution >= 0.6 is 0 Å². The molecule has 0 aliphatic carbocycles. The lowest BCUT2D eigenvalue weighted by atomic mass is 10.1. The van der Waals surface area contributed by atoms with Crippen molar-refractivity contribution in [3.63, 3.8) is 0 Å². The lowest BCUT2D eigenvalue weighted by molar-refractivity contribution is -0.122. The second kappa shape index (κ2) is 10.2. The predicted octanol–water partition coefficient (Wildman–Crippen LogP) is 3.61. The largest absolute Gasteiger partial charge is 0.497 e. The van der Waals surface area contributed by atoms with Gasteiger partial charge in [-0.1, -0.05) is 60.7 Å². The zero-order valence-corrected chi connectivity index (χ0v) is 18.3. The Morgan fingerprint density at radius 1 is 1.06 bits per heavy atom. The molecule has 170 valence electrons. The van der Waals surface area contributed by atoms with Gasteiger partial charge in [-0.05, 0) is 34.9 Å². The molecule has 0 aromatic heterocycles. The fourth-order valence-corrected chi connectivity index (χ4v) is 3.89. The van der Waals surface area contributed by atoms with E-state index in [4.69, 9.17) is 9.47 Å². The first-order valence-electron chi connectivity index (χ1n) is 10.7. The van der Waals surface area contributed by atoms with Crippen LogP contribution in [0.2, 0.25) is 0 Å². The van der Waals surface area contributed by atoms with Crippen LogP contribution in [0.4, 0.5) is 10.5 Å². The van der Waals surface area contributed by atoms with Gasteiger partial charge in [-0.3, -0.25) is 9.69 Å². The minimum Gasteiger partial charge on any atom is -0.497 e. The number of ether oxygens (including phenoxy) is 2. The monoisotopic (exact) mass is 446 g/mol. The van der Waals surface area contributed by atoms with Crippen molar-refractivity contribution in [1.82, 2.24) is 5.32 Å². The molecule has 33 heavy (non-hydrogen) atoms. The Morgan fingerprint density at radius 2 is 1.82 bits per heavy atom. The number of hydrogen-bond acceptors (Lipinski definition) is 5. The van der Waals surface area contributed by atoms with Gasteiger partial charge in [0, 0.05) is 13.0 Å². The van der Waals surface area contributed by atoms with Gasteiger partial charge in [0.05, 0.1) is 18.9 Å². The fraction of sp³-hybridized carbons (Fsp3) is 0.231. The molecule has 3 aromatic rings. The zero-order valence-electron chi connectivity index (χ0n) is 18.3. The maximum atomic E-state index is 13.1. The van der Waals surface area contributed by atoms with Gasteiger partial charge in [-0.2, -0.15) is 0 Å². The number of carbonyl (C=O) groups excluding carboxylic acids is 2. The van der Waals surface area contributed by atoms with Gasteiger partial charge in [0.1, 0.15) is 18.4 Å². The van der Waals surface area contributed by atoms with E-state index in [0.29, 0.717) is 23.4 Å². The number of para-hydroxylation sites is 1. The second-order valence-electron chi connectivity index (χ2n) is 7.80. The van der Waals surface area contributed by atoms with Crippen LogP contribution in [-0.4, -0.2) is 36.8 Å². The van der Waals surface area contributed by atoms with E-state index in [-0.39, 0.29) is 19.1 Å². The number of nitrogens with one attached hydrogen (secondary N) is 1. The number of carbonyl (C=O) groups is 2.